The monoisotopic (exact) mass is 394 g/mol. The average Bonchev–Trinajstić information content (AvgIpc) is 3.10. The van der Waals surface area contributed by atoms with Gasteiger partial charge < -0.3 is 24.1 Å². The van der Waals surface area contributed by atoms with E-state index in [0.29, 0.717) is 5.33 Å². The van der Waals surface area contributed by atoms with E-state index < -0.39 is 50.2 Å². The number of hydrogen-bond acceptors (Lipinski definition) is 6. The normalized spacial score (nSPS) is 92.2. The summed E-state index contributed by atoms with van der Waals surface area (Å²) in [7, 11) is 0. The number of carbonyl (C=O) groups is 1. The van der Waals surface area contributed by atoms with Gasteiger partial charge in [-0.25, -0.2) is 0 Å². The van der Waals surface area contributed by atoms with Crippen LogP contribution < -0.4 is 0 Å². The minimum Gasteiger partial charge on any atom is -0.362 e. The first-order valence-electron chi connectivity index (χ1n) is 8.78. The lowest BCUT2D eigenvalue weighted by atomic mass is 9.27. The second kappa shape index (κ2) is 2.20. The number of ketones is 1. The first-order valence-corrected chi connectivity index (χ1v) is 9.91. The van der Waals surface area contributed by atoms with Crippen molar-refractivity contribution in [1.29, 1.82) is 0 Å². The molecule has 0 aromatic heterocycles. The Morgan fingerprint density at radius 1 is 1.17 bits per heavy atom. The number of hydrogen-bond donors (Lipinski definition) is 1. The number of ether oxygens (including phenoxy) is 4. The van der Waals surface area contributed by atoms with Crippen LogP contribution in [-0.2, 0) is 23.7 Å². The Morgan fingerprint density at radius 2 is 1.92 bits per heavy atom. The van der Waals surface area contributed by atoms with E-state index in [1.54, 1.807) is 0 Å². The van der Waals surface area contributed by atoms with Crippen molar-refractivity contribution in [2.24, 2.45) is 22.7 Å². The third-order valence-electron chi connectivity index (χ3n) is 10.5. The van der Waals surface area contributed by atoms with Gasteiger partial charge in [0.15, 0.2) is 16.8 Å². The number of fused-ring (bicyclic) bond motifs is 1. The van der Waals surface area contributed by atoms with Crippen molar-refractivity contribution in [3.63, 3.8) is 0 Å². The molecular weight excluding hydrogens is 380 g/mol. The Hall–Kier alpha value is -0.0500. The van der Waals surface area contributed by atoms with Crippen molar-refractivity contribution in [3.05, 3.63) is 0 Å². The van der Waals surface area contributed by atoms with Gasteiger partial charge >= 0.3 is 0 Å². The van der Waals surface area contributed by atoms with E-state index >= 15 is 0 Å². The summed E-state index contributed by atoms with van der Waals surface area (Å²) < 4.78 is 25.7. The molecule has 5 heterocycles. The Balaban J connectivity index is 1.51. The van der Waals surface area contributed by atoms with Gasteiger partial charge in [0.25, 0.3) is 0 Å². The maximum absolute atomic E-state index is 13.0. The van der Waals surface area contributed by atoms with Crippen LogP contribution in [0.2, 0.25) is 0 Å². The Labute approximate surface area is 145 Å². The second-order valence-corrected chi connectivity index (χ2v) is 10.7. The highest BCUT2D eigenvalue weighted by molar-refractivity contribution is 9.09. The smallest absolute Gasteiger partial charge is 0.211 e. The number of alkyl halides is 1. The van der Waals surface area contributed by atoms with Crippen LogP contribution in [0.15, 0.2) is 0 Å². The summed E-state index contributed by atoms with van der Waals surface area (Å²) >= 11 is 3.65. The SMILES string of the molecule is CC12OC3C4C5C6(C)C47O[C@]6(O)[C@]46O[C@@]4(C1=O)C32C76O[C@]5(C)CBr. The van der Waals surface area contributed by atoms with Gasteiger partial charge in [-0.15, -0.1) is 0 Å². The zero-order valence-electron chi connectivity index (χ0n) is 13.3. The van der Waals surface area contributed by atoms with Gasteiger partial charge in [0, 0.05) is 17.2 Å². The lowest BCUT2D eigenvalue weighted by molar-refractivity contribution is -0.545. The van der Waals surface area contributed by atoms with E-state index in [1.165, 1.54) is 0 Å². The predicted octanol–water partition coefficient (Wildman–Crippen LogP) is -0.106. The zero-order valence-corrected chi connectivity index (χ0v) is 14.9. The van der Waals surface area contributed by atoms with Gasteiger partial charge in [0.2, 0.25) is 11.6 Å². The number of halogens is 1. The fourth-order valence-corrected chi connectivity index (χ4v) is 11.1. The molecule has 10 aliphatic rings. The van der Waals surface area contributed by atoms with E-state index in [4.69, 9.17) is 18.9 Å². The molecule has 6 bridgehead atoms. The minimum atomic E-state index is -1.41. The largest absolute Gasteiger partial charge is 0.362 e. The standard InChI is InChI=1S/C17H15BrO6/c1-9(4-18)6-5-7-12-11(3,21-7)8(19)14(12)16(23-14)15(12,22-9)13(5)10(6,2)17(16,20)24-13/h5-7,20H,4H2,1-3H3/t5?,6?,7?,9-,10?,11?,12?,13?,14+,15?,16+,17+/m1/s1. The number of rotatable bonds is 1. The maximum Gasteiger partial charge on any atom is 0.211 e. The Kier molecular flexibility index (Phi) is 1.13. The van der Waals surface area contributed by atoms with Crippen molar-refractivity contribution >= 4 is 21.7 Å². The first-order chi connectivity index (χ1) is 11.2. The van der Waals surface area contributed by atoms with Gasteiger partial charge in [0.1, 0.15) is 16.6 Å². The molecule has 5 aliphatic heterocycles. The highest BCUT2D eigenvalue weighted by Crippen LogP contribution is 3.14. The van der Waals surface area contributed by atoms with Crippen LogP contribution in [0.25, 0.3) is 0 Å². The second-order valence-electron chi connectivity index (χ2n) is 10.1. The molecule has 6 nitrogen and oxygen atoms in total. The third-order valence-corrected chi connectivity index (χ3v) is 11.6. The Morgan fingerprint density at radius 3 is 2.62 bits per heavy atom. The Bertz CT molecular complexity index is 940. The first kappa shape index (κ1) is 12.4. The van der Waals surface area contributed by atoms with Crippen LogP contribution in [0.3, 0.4) is 0 Å². The number of carbonyl (C=O) groups excluding carboxylic acids is 1. The molecule has 8 unspecified atom stereocenters. The summed E-state index contributed by atoms with van der Waals surface area (Å²) in [5, 5.41) is 12.3. The maximum atomic E-state index is 13.0. The molecule has 5 aliphatic carbocycles. The van der Waals surface area contributed by atoms with Crippen molar-refractivity contribution in [1.82, 2.24) is 0 Å². The molecule has 0 aromatic rings. The van der Waals surface area contributed by atoms with E-state index in [2.05, 4.69) is 29.8 Å². The van der Waals surface area contributed by atoms with Crippen molar-refractivity contribution in [2.45, 2.75) is 66.3 Å². The summed E-state index contributed by atoms with van der Waals surface area (Å²) in [5.74, 6) is -1.13. The van der Waals surface area contributed by atoms with Gasteiger partial charge in [0.05, 0.1) is 17.1 Å². The predicted molar refractivity (Wildman–Crippen MR) is 77.1 cm³/mol. The van der Waals surface area contributed by atoms with Crippen molar-refractivity contribution in [2.75, 3.05) is 5.33 Å². The van der Waals surface area contributed by atoms with Crippen LogP contribution in [0, 0.1) is 22.7 Å². The molecule has 0 amide bonds. The zero-order chi connectivity index (χ0) is 16.3. The molecule has 10 fully saturated rings. The number of Topliss-reactive ketones (excluding diaryl/α,β-unsaturated/α-hetero) is 1. The van der Waals surface area contributed by atoms with Crippen LogP contribution in [0.4, 0.5) is 0 Å². The lowest BCUT2D eigenvalue weighted by Crippen LogP contribution is -3.03. The van der Waals surface area contributed by atoms with Crippen LogP contribution >= 0.6 is 15.9 Å². The summed E-state index contributed by atoms with van der Waals surface area (Å²) in [6.45, 7) is 6.13. The molecule has 1 N–H and O–H groups in total. The van der Waals surface area contributed by atoms with E-state index in [1.807, 2.05) is 6.92 Å². The van der Waals surface area contributed by atoms with Crippen LogP contribution in [0.1, 0.15) is 20.8 Å². The summed E-state index contributed by atoms with van der Waals surface area (Å²) in [6.07, 6.45) is -0.0559. The molecule has 12 atom stereocenters. The summed E-state index contributed by atoms with van der Waals surface area (Å²) in [5.41, 5.74) is -5.41. The van der Waals surface area contributed by atoms with Crippen LogP contribution in [0.5, 0.6) is 0 Å². The van der Waals surface area contributed by atoms with Gasteiger partial charge in [-0.1, -0.05) is 22.9 Å². The van der Waals surface area contributed by atoms with Gasteiger partial charge in [-0.3, -0.25) is 4.79 Å². The highest BCUT2D eigenvalue weighted by Gasteiger charge is 3.36. The minimum absolute atomic E-state index is 0.0194. The molecule has 5 saturated carbocycles. The molecule has 0 aromatic carbocycles. The average molecular weight is 395 g/mol. The molecule has 5 spiro atoms. The molecule has 5 saturated heterocycles. The molecule has 7 heteroatoms. The fourth-order valence-electron chi connectivity index (χ4n) is 10.6. The molecule has 126 valence electrons. The summed E-state index contributed by atoms with van der Waals surface area (Å²) in [6, 6.07) is 0. The molecular formula is C17H15BrO6. The van der Waals surface area contributed by atoms with Gasteiger partial charge in [-0.2, -0.15) is 0 Å². The number of epoxide rings is 1. The van der Waals surface area contributed by atoms with Crippen molar-refractivity contribution in [3.8, 4) is 0 Å². The number of aliphatic hydroxyl groups is 1. The topological polar surface area (TPSA) is 77.5 Å². The van der Waals surface area contributed by atoms with Crippen LogP contribution in [-0.4, -0.2) is 61.7 Å². The van der Waals surface area contributed by atoms with E-state index in [0.717, 1.165) is 0 Å². The van der Waals surface area contributed by atoms with Gasteiger partial charge in [-0.05, 0) is 13.8 Å². The summed E-state index contributed by atoms with van der Waals surface area (Å²) in [4.78, 5) is 13.0. The quantitative estimate of drug-likeness (QED) is 0.494. The highest BCUT2D eigenvalue weighted by atomic mass is 79.9. The third kappa shape index (κ3) is 0.434. The molecule has 24 heavy (non-hydrogen) atoms. The molecule has 10 rings (SSSR count). The van der Waals surface area contributed by atoms with E-state index in [-0.39, 0.29) is 23.7 Å². The lowest BCUT2D eigenvalue weighted by Gasteiger charge is -2.80. The fraction of sp³-hybridized carbons (Fsp3) is 0.941. The molecule has 0 radical (unpaired) electrons. The van der Waals surface area contributed by atoms with E-state index in [9.17, 15) is 9.90 Å². The van der Waals surface area contributed by atoms with Crippen molar-refractivity contribution < 1.29 is 28.8 Å².